The number of amides is 1. The third-order valence-electron chi connectivity index (χ3n) is 3.58. The van der Waals surface area contributed by atoms with Gasteiger partial charge in [-0.1, -0.05) is 62.9 Å². The second-order valence-electron chi connectivity index (χ2n) is 5.30. The summed E-state index contributed by atoms with van der Waals surface area (Å²) in [6, 6.07) is 7.79. The first kappa shape index (κ1) is 18.4. The molecule has 0 bridgehead atoms. The molecule has 0 radical (unpaired) electrons. The van der Waals surface area contributed by atoms with Crippen molar-refractivity contribution in [1.82, 2.24) is 5.32 Å². The summed E-state index contributed by atoms with van der Waals surface area (Å²) >= 11 is 7.70. The van der Waals surface area contributed by atoms with Crippen LogP contribution in [0.4, 0.5) is 0 Å². The first-order valence-corrected chi connectivity index (χ1v) is 9.28. The molecule has 118 valence electrons. The number of benzene rings is 1. The minimum absolute atomic E-state index is 0.127. The third kappa shape index (κ3) is 7.77. The van der Waals surface area contributed by atoms with Gasteiger partial charge in [-0.05, 0) is 24.0 Å². The van der Waals surface area contributed by atoms with Crippen LogP contribution >= 0.6 is 23.4 Å². The molecular formula is C17H26ClNOS. The summed E-state index contributed by atoms with van der Waals surface area (Å²) in [4.78, 5) is 11.8. The predicted molar refractivity (Wildman–Crippen MR) is 93.9 cm³/mol. The lowest BCUT2D eigenvalue weighted by atomic mass is 9.99. The van der Waals surface area contributed by atoms with Gasteiger partial charge in [0.1, 0.15) is 0 Å². The molecule has 0 saturated carbocycles. The zero-order valence-electron chi connectivity index (χ0n) is 13.0. The first-order valence-electron chi connectivity index (χ1n) is 7.75. The van der Waals surface area contributed by atoms with E-state index in [1.807, 2.05) is 24.3 Å². The molecule has 1 rings (SSSR count). The van der Waals surface area contributed by atoms with Crippen LogP contribution in [0, 0.1) is 5.92 Å². The van der Waals surface area contributed by atoms with Crippen molar-refractivity contribution in [1.29, 1.82) is 0 Å². The highest BCUT2D eigenvalue weighted by Gasteiger charge is 2.08. The van der Waals surface area contributed by atoms with Crippen LogP contribution in [0.5, 0.6) is 0 Å². The first-order chi connectivity index (χ1) is 10.2. The summed E-state index contributed by atoms with van der Waals surface area (Å²) in [7, 11) is 0. The lowest BCUT2D eigenvalue weighted by molar-refractivity contribution is -0.118. The van der Waals surface area contributed by atoms with Gasteiger partial charge in [-0.3, -0.25) is 4.79 Å². The van der Waals surface area contributed by atoms with E-state index >= 15 is 0 Å². The summed E-state index contributed by atoms with van der Waals surface area (Å²) in [6.45, 7) is 5.21. The Kier molecular flexibility index (Phi) is 9.60. The van der Waals surface area contributed by atoms with Gasteiger partial charge in [-0.2, -0.15) is 0 Å². The van der Waals surface area contributed by atoms with Gasteiger partial charge in [0.15, 0.2) is 0 Å². The van der Waals surface area contributed by atoms with E-state index in [0.717, 1.165) is 29.3 Å². The van der Waals surface area contributed by atoms with Crippen LogP contribution in [0.25, 0.3) is 0 Å². The van der Waals surface area contributed by atoms with E-state index in [0.29, 0.717) is 11.7 Å². The van der Waals surface area contributed by atoms with Gasteiger partial charge in [0, 0.05) is 17.3 Å². The van der Waals surface area contributed by atoms with Crippen molar-refractivity contribution in [2.45, 2.75) is 45.3 Å². The average molecular weight is 328 g/mol. The van der Waals surface area contributed by atoms with Crippen molar-refractivity contribution in [3.8, 4) is 0 Å². The van der Waals surface area contributed by atoms with E-state index in [4.69, 9.17) is 11.6 Å². The lowest BCUT2D eigenvalue weighted by Gasteiger charge is -2.15. The molecule has 4 heteroatoms. The summed E-state index contributed by atoms with van der Waals surface area (Å²) in [5.41, 5.74) is 1.09. The van der Waals surface area contributed by atoms with E-state index < -0.39 is 0 Å². The van der Waals surface area contributed by atoms with Crippen LogP contribution in [-0.2, 0) is 10.5 Å². The zero-order chi connectivity index (χ0) is 15.5. The summed E-state index contributed by atoms with van der Waals surface area (Å²) in [6.07, 6.45) is 4.81. The Morgan fingerprint density at radius 3 is 2.76 bits per heavy atom. The number of nitrogens with one attached hydrogen (secondary N) is 1. The normalized spacial score (nSPS) is 12.1. The highest BCUT2D eigenvalue weighted by atomic mass is 35.5. The molecule has 0 aliphatic heterocycles. The minimum atomic E-state index is 0.127. The Hall–Kier alpha value is -0.670. The maximum absolute atomic E-state index is 11.8. The van der Waals surface area contributed by atoms with Crippen molar-refractivity contribution in [2.75, 3.05) is 12.3 Å². The predicted octanol–water partition coefficient (Wildman–Crippen LogP) is 4.91. The Morgan fingerprint density at radius 2 is 2.10 bits per heavy atom. The molecule has 0 unspecified atom stereocenters. The fourth-order valence-electron chi connectivity index (χ4n) is 2.12. The SMILES string of the molecule is CCCC[C@H](CC)CNC(=O)CSCc1ccccc1Cl. The van der Waals surface area contributed by atoms with Crippen molar-refractivity contribution < 1.29 is 4.79 Å². The second kappa shape index (κ2) is 11.0. The van der Waals surface area contributed by atoms with E-state index in [1.165, 1.54) is 19.3 Å². The minimum Gasteiger partial charge on any atom is -0.355 e. The quantitative estimate of drug-likeness (QED) is 0.661. The molecule has 1 N–H and O–H groups in total. The summed E-state index contributed by atoms with van der Waals surface area (Å²) in [5, 5.41) is 3.82. The maximum Gasteiger partial charge on any atom is 0.230 e. The molecule has 2 nitrogen and oxygen atoms in total. The largest absolute Gasteiger partial charge is 0.355 e. The Morgan fingerprint density at radius 1 is 1.33 bits per heavy atom. The average Bonchev–Trinajstić information content (AvgIpc) is 2.49. The number of hydrogen-bond acceptors (Lipinski definition) is 2. The third-order valence-corrected chi connectivity index (χ3v) is 4.93. The second-order valence-corrected chi connectivity index (χ2v) is 6.70. The van der Waals surface area contributed by atoms with Crippen LogP contribution in [-0.4, -0.2) is 18.2 Å². The van der Waals surface area contributed by atoms with Crippen LogP contribution in [0.2, 0.25) is 5.02 Å². The standard InChI is InChI=1S/C17H26ClNOS/c1-3-5-8-14(4-2)11-19-17(20)13-21-12-15-9-6-7-10-16(15)18/h6-7,9-10,14H,3-5,8,11-13H2,1-2H3,(H,19,20)/t14-/m0/s1. The van der Waals surface area contributed by atoms with E-state index in [-0.39, 0.29) is 5.91 Å². The molecule has 1 atom stereocenters. The fraction of sp³-hybridized carbons (Fsp3) is 0.588. The van der Waals surface area contributed by atoms with Crippen molar-refractivity contribution in [3.63, 3.8) is 0 Å². The molecule has 0 heterocycles. The van der Waals surface area contributed by atoms with Gasteiger partial charge in [0.05, 0.1) is 5.75 Å². The van der Waals surface area contributed by atoms with Crippen LogP contribution in [0.1, 0.15) is 45.1 Å². The maximum atomic E-state index is 11.8. The van der Waals surface area contributed by atoms with Gasteiger partial charge in [-0.15, -0.1) is 11.8 Å². The van der Waals surface area contributed by atoms with Gasteiger partial charge >= 0.3 is 0 Å². The van der Waals surface area contributed by atoms with Crippen LogP contribution in [0.3, 0.4) is 0 Å². The number of thioether (sulfide) groups is 1. The van der Waals surface area contributed by atoms with Crippen LogP contribution < -0.4 is 5.32 Å². The van der Waals surface area contributed by atoms with Crippen molar-refractivity contribution in [2.24, 2.45) is 5.92 Å². The van der Waals surface area contributed by atoms with Gasteiger partial charge in [0.25, 0.3) is 0 Å². The summed E-state index contributed by atoms with van der Waals surface area (Å²) in [5.74, 6) is 2.01. The highest BCUT2D eigenvalue weighted by molar-refractivity contribution is 7.99. The molecule has 0 aliphatic rings. The highest BCUT2D eigenvalue weighted by Crippen LogP contribution is 2.20. The number of hydrogen-bond donors (Lipinski definition) is 1. The number of unbranched alkanes of at least 4 members (excludes halogenated alkanes) is 1. The molecule has 21 heavy (non-hydrogen) atoms. The molecular weight excluding hydrogens is 302 g/mol. The molecule has 1 aromatic rings. The zero-order valence-corrected chi connectivity index (χ0v) is 14.6. The van der Waals surface area contributed by atoms with E-state index in [9.17, 15) is 4.79 Å². The van der Waals surface area contributed by atoms with Gasteiger partial charge in [0.2, 0.25) is 5.91 Å². The van der Waals surface area contributed by atoms with Crippen molar-refractivity contribution in [3.05, 3.63) is 34.9 Å². The fourth-order valence-corrected chi connectivity index (χ4v) is 3.26. The Labute approximate surface area is 138 Å². The molecule has 0 aliphatic carbocycles. The number of carbonyl (C=O) groups is 1. The van der Waals surface area contributed by atoms with Crippen molar-refractivity contribution >= 4 is 29.3 Å². The molecule has 0 fully saturated rings. The molecule has 1 aromatic carbocycles. The number of carbonyl (C=O) groups excluding carboxylic acids is 1. The molecule has 0 aromatic heterocycles. The Bertz CT molecular complexity index is 425. The van der Waals surface area contributed by atoms with Gasteiger partial charge < -0.3 is 5.32 Å². The summed E-state index contributed by atoms with van der Waals surface area (Å²) < 4.78 is 0. The monoisotopic (exact) mass is 327 g/mol. The molecule has 0 spiro atoms. The van der Waals surface area contributed by atoms with E-state index in [1.54, 1.807) is 11.8 Å². The topological polar surface area (TPSA) is 29.1 Å². The van der Waals surface area contributed by atoms with E-state index in [2.05, 4.69) is 19.2 Å². The molecule has 1 amide bonds. The lowest BCUT2D eigenvalue weighted by Crippen LogP contribution is -2.30. The number of halogens is 1. The smallest absolute Gasteiger partial charge is 0.230 e. The number of rotatable bonds is 10. The van der Waals surface area contributed by atoms with Crippen LogP contribution in [0.15, 0.2) is 24.3 Å². The Balaban J connectivity index is 2.20. The van der Waals surface area contributed by atoms with Gasteiger partial charge in [-0.25, -0.2) is 0 Å². The molecule has 0 saturated heterocycles.